The number of phenolic OH excluding ortho intramolecular Hbond substituents is 1. The van der Waals surface area contributed by atoms with Crippen LogP contribution >= 0.6 is 15.9 Å². The van der Waals surface area contributed by atoms with Crippen molar-refractivity contribution in [2.45, 2.75) is 38.0 Å². The second-order valence-electron chi connectivity index (χ2n) is 7.49. The van der Waals surface area contributed by atoms with E-state index in [1.165, 1.54) is 18.2 Å². The van der Waals surface area contributed by atoms with Crippen LogP contribution in [0.5, 0.6) is 5.75 Å². The van der Waals surface area contributed by atoms with Crippen molar-refractivity contribution in [3.05, 3.63) is 63.3 Å². The average Bonchev–Trinajstić information content (AvgIpc) is 2.91. The lowest BCUT2D eigenvalue weighted by molar-refractivity contribution is -0.155. The molecule has 0 amide bonds. The fourth-order valence-corrected chi connectivity index (χ4v) is 4.53. The van der Waals surface area contributed by atoms with Crippen molar-refractivity contribution in [2.75, 3.05) is 6.54 Å². The first-order chi connectivity index (χ1) is 14.0. The summed E-state index contributed by atoms with van der Waals surface area (Å²) in [5.74, 6) is -1.91. The van der Waals surface area contributed by atoms with Crippen molar-refractivity contribution in [2.24, 2.45) is 0 Å². The van der Waals surface area contributed by atoms with Crippen molar-refractivity contribution >= 4 is 26.9 Å². The number of alkyl halides is 3. The van der Waals surface area contributed by atoms with Crippen molar-refractivity contribution in [3.63, 3.8) is 0 Å². The van der Waals surface area contributed by atoms with Gasteiger partial charge in [-0.05, 0) is 50.1 Å². The number of hydrogen-bond donors (Lipinski definition) is 1. The molecule has 0 fully saturated rings. The molecule has 0 spiro atoms. The summed E-state index contributed by atoms with van der Waals surface area (Å²) in [6.07, 6.45) is -3.91. The Kier molecular flexibility index (Phi) is 5.30. The molecule has 0 radical (unpaired) electrons. The Morgan fingerprint density at radius 1 is 1.17 bits per heavy atom. The average molecular weight is 490 g/mol. The molecule has 3 aromatic rings. The van der Waals surface area contributed by atoms with Gasteiger partial charge in [0.2, 0.25) is 0 Å². The molecule has 0 saturated heterocycles. The third-order valence-corrected chi connectivity index (χ3v) is 5.90. The lowest BCUT2D eigenvalue weighted by Gasteiger charge is -2.35. The van der Waals surface area contributed by atoms with Gasteiger partial charge in [-0.15, -0.1) is 0 Å². The minimum absolute atomic E-state index is 0.0342. The summed E-state index contributed by atoms with van der Waals surface area (Å²) in [5.41, 5.74) is 0.382. The van der Waals surface area contributed by atoms with Crippen LogP contribution < -0.4 is 0 Å². The maximum Gasteiger partial charge on any atom is 0.401 e. The highest BCUT2D eigenvalue weighted by Crippen LogP contribution is 2.44. The fraction of sp³-hybridized carbons (Fsp3) is 0.333. The molecule has 3 nitrogen and oxygen atoms in total. The molecule has 9 heteroatoms. The molecule has 0 aliphatic carbocycles. The van der Waals surface area contributed by atoms with Crippen LogP contribution in [0.15, 0.2) is 39.2 Å². The SMILES string of the molecule is CC1CCc2c(oc3ccc(O)cc23)C(c2c(F)cc(Br)cc2F)N1CC(F)(F)F. The van der Waals surface area contributed by atoms with Crippen LogP contribution in [-0.4, -0.2) is 28.8 Å². The van der Waals surface area contributed by atoms with E-state index >= 15 is 0 Å². The number of hydrogen-bond acceptors (Lipinski definition) is 3. The summed E-state index contributed by atoms with van der Waals surface area (Å²) in [6, 6.07) is 4.32. The zero-order valence-electron chi connectivity index (χ0n) is 15.7. The lowest BCUT2D eigenvalue weighted by atomic mass is 9.97. The summed E-state index contributed by atoms with van der Waals surface area (Å²) in [7, 11) is 0. The van der Waals surface area contributed by atoms with E-state index in [4.69, 9.17) is 4.42 Å². The van der Waals surface area contributed by atoms with Crippen LogP contribution in [0.3, 0.4) is 0 Å². The van der Waals surface area contributed by atoms with Crippen LogP contribution in [0, 0.1) is 11.6 Å². The van der Waals surface area contributed by atoms with E-state index in [9.17, 15) is 27.1 Å². The molecule has 2 aromatic carbocycles. The molecule has 2 unspecified atom stereocenters. The molecule has 1 aromatic heterocycles. The highest BCUT2D eigenvalue weighted by molar-refractivity contribution is 9.10. The Balaban J connectivity index is 2.01. The van der Waals surface area contributed by atoms with Gasteiger partial charge in [-0.2, -0.15) is 13.2 Å². The summed E-state index contributed by atoms with van der Waals surface area (Å²) >= 11 is 3.01. The molecule has 0 saturated carbocycles. The molecule has 2 atom stereocenters. The Labute approximate surface area is 177 Å². The van der Waals surface area contributed by atoms with Gasteiger partial charge >= 0.3 is 6.18 Å². The van der Waals surface area contributed by atoms with E-state index in [0.29, 0.717) is 29.4 Å². The molecular formula is C21H17BrF5NO2. The van der Waals surface area contributed by atoms with Crippen molar-refractivity contribution in [3.8, 4) is 5.75 Å². The van der Waals surface area contributed by atoms with E-state index < -0.39 is 42.0 Å². The first kappa shape index (κ1) is 21.1. The number of furan rings is 1. The third kappa shape index (κ3) is 3.80. The van der Waals surface area contributed by atoms with Gasteiger partial charge in [-0.1, -0.05) is 15.9 Å². The van der Waals surface area contributed by atoms with E-state index in [0.717, 1.165) is 17.0 Å². The number of halogens is 6. The quantitative estimate of drug-likeness (QED) is 0.419. The van der Waals surface area contributed by atoms with Gasteiger partial charge < -0.3 is 9.52 Å². The van der Waals surface area contributed by atoms with Crippen LogP contribution in [-0.2, 0) is 6.42 Å². The van der Waals surface area contributed by atoms with E-state index in [-0.39, 0.29) is 16.0 Å². The highest BCUT2D eigenvalue weighted by Gasteiger charge is 2.43. The van der Waals surface area contributed by atoms with Crippen LogP contribution in [0.1, 0.15) is 36.3 Å². The monoisotopic (exact) mass is 489 g/mol. The Bertz CT molecular complexity index is 1090. The maximum absolute atomic E-state index is 14.9. The third-order valence-electron chi connectivity index (χ3n) is 5.44. The minimum Gasteiger partial charge on any atom is -0.508 e. The Morgan fingerprint density at radius 2 is 1.83 bits per heavy atom. The summed E-state index contributed by atoms with van der Waals surface area (Å²) < 4.78 is 76.1. The van der Waals surface area contributed by atoms with Gasteiger partial charge in [0.1, 0.15) is 34.8 Å². The second kappa shape index (κ2) is 7.53. The van der Waals surface area contributed by atoms with Crippen LogP contribution in [0.4, 0.5) is 22.0 Å². The van der Waals surface area contributed by atoms with E-state index in [1.807, 2.05) is 0 Å². The van der Waals surface area contributed by atoms with Crippen molar-refractivity contribution in [1.82, 2.24) is 4.90 Å². The molecule has 1 aliphatic heterocycles. The van der Waals surface area contributed by atoms with E-state index in [2.05, 4.69) is 15.9 Å². The number of benzene rings is 2. The number of phenols is 1. The number of nitrogens with zero attached hydrogens (tertiary/aromatic N) is 1. The molecule has 1 aliphatic rings. The molecule has 4 rings (SSSR count). The highest BCUT2D eigenvalue weighted by atomic mass is 79.9. The van der Waals surface area contributed by atoms with Gasteiger partial charge in [0, 0.05) is 27.0 Å². The van der Waals surface area contributed by atoms with E-state index in [1.54, 1.807) is 6.92 Å². The first-order valence-corrected chi connectivity index (χ1v) is 10.1. The number of aryl methyl sites for hydroxylation is 1. The molecule has 160 valence electrons. The van der Waals surface area contributed by atoms with Gasteiger partial charge in [-0.25, -0.2) is 8.78 Å². The second-order valence-corrected chi connectivity index (χ2v) is 8.40. The van der Waals surface area contributed by atoms with Crippen LogP contribution in [0.2, 0.25) is 0 Å². The molecule has 30 heavy (non-hydrogen) atoms. The summed E-state index contributed by atoms with van der Waals surface area (Å²) in [4.78, 5) is 1.03. The summed E-state index contributed by atoms with van der Waals surface area (Å²) in [6.45, 7) is 0.245. The minimum atomic E-state index is -4.58. The van der Waals surface area contributed by atoms with Crippen molar-refractivity contribution in [1.29, 1.82) is 0 Å². The molecular weight excluding hydrogens is 473 g/mol. The largest absolute Gasteiger partial charge is 0.508 e. The molecule has 0 bridgehead atoms. The number of fused-ring (bicyclic) bond motifs is 3. The van der Waals surface area contributed by atoms with Gasteiger partial charge in [0.15, 0.2) is 0 Å². The smallest absolute Gasteiger partial charge is 0.401 e. The standard InChI is InChI=1S/C21H17BrF5NO2/c1-10-2-4-13-14-8-12(29)3-5-17(14)30-20(13)19(28(10)9-21(25,26)27)18-15(23)6-11(22)7-16(18)24/h3,5-8,10,19,29H,2,4,9H2,1H3. The summed E-state index contributed by atoms with van der Waals surface area (Å²) in [5, 5.41) is 10.4. The van der Waals surface area contributed by atoms with Gasteiger partial charge in [0.05, 0.1) is 6.54 Å². The number of rotatable bonds is 2. The Hall–Kier alpha value is -2.13. The zero-order valence-corrected chi connectivity index (χ0v) is 17.3. The molecule has 2 heterocycles. The Morgan fingerprint density at radius 3 is 2.47 bits per heavy atom. The predicted molar refractivity (Wildman–Crippen MR) is 104 cm³/mol. The number of aromatic hydroxyl groups is 1. The maximum atomic E-state index is 14.9. The topological polar surface area (TPSA) is 36.6 Å². The van der Waals surface area contributed by atoms with Gasteiger partial charge in [0.25, 0.3) is 0 Å². The van der Waals surface area contributed by atoms with Crippen molar-refractivity contribution < 1.29 is 31.5 Å². The normalized spacial score (nSPS) is 20.4. The lowest BCUT2D eigenvalue weighted by Crippen LogP contribution is -2.43. The first-order valence-electron chi connectivity index (χ1n) is 9.26. The van der Waals surface area contributed by atoms with Crippen LogP contribution in [0.25, 0.3) is 11.0 Å². The van der Waals surface area contributed by atoms with Gasteiger partial charge in [-0.3, -0.25) is 4.90 Å². The zero-order chi connectivity index (χ0) is 21.8. The molecule has 1 N–H and O–H groups in total. The fourth-order valence-electron chi connectivity index (χ4n) is 4.12. The predicted octanol–water partition coefficient (Wildman–Crippen LogP) is 6.47.